The van der Waals surface area contributed by atoms with Crippen LogP contribution in [-0.4, -0.2) is 11.4 Å². The number of aryl methyl sites for hydroxylation is 2. The van der Waals surface area contributed by atoms with Gasteiger partial charge in [0.1, 0.15) is 18.1 Å². The monoisotopic (exact) mass is 379 g/mol. The molecule has 0 atom stereocenters. The van der Waals surface area contributed by atoms with Crippen molar-refractivity contribution in [1.82, 2.24) is 5.32 Å². The van der Waals surface area contributed by atoms with Crippen LogP contribution in [-0.2, 0) is 6.61 Å². The number of carbonyl (C=O) groups excluding carboxylic acids is 1. The highest BCUT2D eigenvalue weighted by molar-refractivity contribution is 5.92. The number of ether oxygens (including phenoxy) is 1. The summed E-state index contributed by atoms with van der Waals surface area (Å²) in [6, 6.07) is 9.72. The molecular formula is C24H29NO3. The Morgan fingerprint density at radius 3 is 2.25 bits per heavy atom. The molecule has 1 aromatic carbocycles. The van der Waals surface area contributed by atoms with Crippen molar-refractivity contribution in [2.24, 2.45) is 17.8 Å². The molecule has 1 aromatic heterocycles. The van der Waals surface area contributed by atoms with Gasteiger partial charge in [0.05, 0.1) is 0 Å². The molecule has 1 N–H and O–H groups in total. The van der Waals surface area contributed by atoms with Crippen molar-refractivity contribution in [3.63, 3.8) is 0 Å². The number of hydrogen-bond donors (Lipinski definition) is 1. The molecular weight excluding hydrogens is 350 g/mol. The van der Waals surface area contributed by atoms with E-state index < -0.39 is 0 Å². The molecule has 4 nitrogen and oxygen atoms in total. The lowest BCUT2D eigenvalue weighted by molar-refractivity contribution is -0.0171. The van der Waals surface area contributed by atoms with Gasteiger partial charge in [-0.05, 0) is 93.4 Å². The van der Waals surface area contributed by atoms with E-state index in [1.165, 1.54) is 19.3 Å². The fraction of sp³-hybridized carbons (Fsp3) is 0.542. The first-order chi connectivity index (χ1) is 13.5. The molecule has 4 aliphatic rings. The third-order valence-electron chi connectivity index (χ3n) is 7.07. The third-order valence-corrected chi connectivity index (χ3v) is 7.07. The van der Waals surface area contributed by atoms with Crippen molar-refractivity contribution in [3.8, 4) is 5.75 Å². The Hall–Kier alpha value is -2.23. The van der Waals surface area contributed by atoms with Crippen molar-refractivity contribution >= 4 is 5.91 Å². The van der Waals surface area contributed by atoms with Gasteiger partial charge in [0.25, 0.3) is 5.91 Å². The second kappa shape index (κ2) is 6.68. The number of hydrogen-bond acceptors (Lipinski definition) is 3. The van der Waals surface area contributed by atoms with Crippen LogP contribution in [0.4, 0.5) is 0 Å². The molecule has 0 aliphatic heterocycles. The van der Waals surface area contributed by atoms with Crippen LogP contribution in [0, 0.1) is 31.6 Å². The first-order valence-corrected chi connectivity index (χ1v) is 10.6. The Labute approximate surface area is 166 Å². The average molecular weight is 380 g/mol. The smallest absolute Gasteiger partial charge is 0.287 e. The van der Waals surface area contributed by atoms with Gasteiger partial charge >= 0.3 is 0 Å². The van der Waals surface area contributed by atoms with Gasteiger partial charge in [-0.15, -0.1) is 0 Å². The molecule has 4 saturated carbocycles. The van der Waals surface area contributed by atoms with Crippen molar-refractivity contribution in [1.29, 1.82) is 0 Å². The molecule has 0 spiro atoms. The molecule has 1 heterocycles. The summed E-state index contributed by atoms with van der Waals surface area (Å²) in [6.45, 7) is 4.40. The molecule has 28 heavy (non-hydrogen) atoms. The van der Waals surface area contributed by atoms with Gasteiger partial charge in [-0.2, -0.15) is 0 Å². The molecule has 0 radical (unpaired) electrons. The predicted molar refractivity (Wildman–Crippen MR) is 107 cm³/mol. The summed E-state index contributed by atoms with van der Waals surface area (Å²) in [5.41, 5.74) is 2.21. The van der Waals surface area contributed by atoms with Crippen molar-refractivity contribution in [2.45, 2.75) is 64.5 Å². The standard InChI is InChI=1S/C24H29NO3/c1-15-4-3-5-16(2)22(15)27-14-20-6-7-21(28-20)23(26)25-24-11-17-8-18(12-24)10-19(9-17)13-24/h3-7,17-19H,8-14H2,1-2H3,(H,25,26). The van der Waals surface area contributed by atoms with Gasteiger partial charge in [0.2, 0.25) is 0 Å². The van der Waals surface area contributed by atoms with Crippen LogP contribution in [0.3, 0.4) is 0 Å². The zero-order chi connectivity index (χ0) is 19.3. The van der Waals surface area contributed by atoms with Crippen molar-refractivity contribution in [3.05, 3.63) is 53.0 Å². The molecule has 4 bridgehead atoms. The van der Waals surface area contributed by atoms with Crippen LogP contribution in [0.15, 0.2) is 34.7 Å². The predicted octanol–water partition coefficient (Wildman–Crippen LogP) is 5.17. The topological polar surface area (TPSA) is 51.5 Å². The minimum atomic E-state index is -0.0692. The number of para-hydroxylation sites is 1. The average Bonchev–Trinajstić information content (AvgIpc) is 3.09. The van der Waals surface area contributed by atoms with E-state index in [1.54, 1.807) is 6.07 Å². The number of nitrogens with one attached hydrogen (secondary N) is 1. The van der Waals surface area contributed by atoms with E-state index in [4.69, 9.17) is 9.15 Å². The fourth-order valence-corrected chi connectivity index (χ4v) is 6.31. The van der Waals surface area contributed by atoms with Crippen LogP contribution in [0.5, 0.6) is 5.75 Å². The Balaban J connectivity index is 1.24. The van der Waals surface area contributed by atoms with Gasteiger partial charge in [-0.25, -0.2) is 0 Å². The van der Waals surface area contributed by atoms with Crippen LogP contribution in [0.2, 0.25) is 0 Å². The highest BCUT2D eigenvalue weighted by Crippen LogP contribution is 2.55. The minimum Gasteiger partial charge on any atom is -0.485 e. The van der Waals surface area contributed by atoms with Gasteiger partial charge in [0.15, 0.2) is 5.76 Å². The zero-order valence-electron chi connectivity index (χ0n) is 16.8. The molecule has 0 unspecified atom stereocenters. The molecule has 148 valence electrons. The lowest BCUT2D eigenvalue weighted by atomic mass is 9.53. The van der Waals surface area contributed by atoms with Crippen LogP contribution in [0.25, 0.3) is 0 Å². The van der Waals surface area contributed by atoms with E-state index in [2.05, 4.69) is 5.32 Å². The maximum absolute atomic E-state index is 12.9. The summed E-state index contributed by atoms with van der Waals surface area (Å²) < 4.78 is 11.8. The van der Waals surface area contributed by atoms with E-state index >= 15 is 0 Å². The molecule has 1 amide bonds. The number of carbonyl (C=O) groups is 1. The summed E-state index contributed by atoms with van der Waals surface area (Å²) in [4.78, 5) is 12.9. The lowest BCUT2D eigenvalue weighted by Crippen LogP contribution is -2.59. The number of furan rings is 1. The molecule has 0 saturated heterocycles. The highest BCUT2D eigenvalue weighted by Gasteiger charge is 2.51. The quantitative estimate of drug-likeness (QED) is 0.779. The SMILES string of the molecule is Cc1cccc(C)c1OCc1ccc(C(=O)NC23CC4CC(CC(C4)C2)C3)o1. The Morgan fingerprint density at radius 2 is 1.64 bits per heavy atom. The third kappa shape index (κ3) is 3.23. The minimum absolute atomic E-state index is 0.00749. The Kier molecular flexibility index (Phi) is 4.26. The van der Waals surface area contributed by atoms with E-state index in [0.717, 1.165) is 53.9 Å². The number of rotatable bonds is 5. The Morgan fingerprint density at radius 1 is 1.04 bits per heavy atom. The molecule has 4 heteroatoms. The van der Waals surface area contributed by atoms with E-state index in [1.807, 2.05) is 38.1 Å². The number of benzene rings is 1. The second-order valence-corrected chi connectivity index (χ2v) is 9.43. The molecule has 6 rings (SSSR count). The highest BCUT2D eigenvalue weighted by atomic mass is 16.5. The second-order valence-electron chi connectivity index (χ2n) is 9.43. The normalized spacial score (nSPS) is 30.4. The first-order valence-electron chi connectivity index (χ1n) is 10.6. The van der Waals surface area contributed by atoms with Gasteiger partial charge in [-0.1, -0.05) is 18.2 Å². The van der Waals surface area contributed by atoms with Gasteiger partial charge < -0.3 is 14.5 Å². The summed E-state index contributed by atoms with van der Waals surface area (Å²) in [5.74, 6) is 4.33. The Bertz CT molecular complexity index is 841. The van der Waals surface area contributed by atoms with E-state index in [9.17, 15) is 4.79 Å². The molecule has 4 fully saturated rings. The fourth-order valence-electron chi connectivity index (χ4n) is 6.31. The lowest BCUT2D eigenvalue weighted by Gasteiger charge is -2.56. The van der Waals surface area contributed by atoms with Crippen LogP contribution >= 0.6 is 0 Å². The maximum atomic E-state index is 12.9. The summed E-state index contributed by atoms with van der Waals surface area (Å²) in [7, 11) is 0. The van der Waals surface area contributed by atoms with E-state index in [-0.39, 0.29) is 11.4 Å². The summed E-state index contributed by atoms with van der Waals surface area (Å²) >= 11 is 0. The maximum Gasteiger partial charge on any atom is 0.287 e. The van der Waals surface area contributed by atoms with Crippen molar-refractivity contribution in [2.75, 3.05) is 0 Å². The van der Waals surface area contributed by atoms with Crippen molar-refractivity contribution < 1.29 is 13.9 Å². The summed E-state index contributed by atoms with van der Waals surface area (Å²) in [5, 5.41) is 3.37. The zero-order valence-corrected chi connectivity index (χ0v) is 16.8. The van der Waals surface area contributed by atoms with Crippen LogP contribution < -0.4 is 10.1 Å². The number of amides is 1. The molecule has 2 aromatic rings. The molecule has 4 aliphatic carbocycles. The largest absolute Gasteiger partial charge is 0.485 e. The van der Waals surface area contributed by atoms with Gasteiger partial charge in [0, 0.05) is 5.54 Å². The summed E-state index contributed by atoms with van der Waals surface area (Å²) in [6.07, 6.45) is 7.55. The van der Waals surface area contributed by atoms with Crippen LogP contribution in [0.1, 0.15) is 66.0 Å². The van der Waals surface area contributed by atoms with E-state index in [0.29, 0.717) is 18.1 Å². The first kappa shape index (κ1) is 17.8. The van der Waals surface area contributed by atoms with Gasteiger partial charge in [-0.3, -0.25) is 4.79 Å².